The van der Waals surface area contributed by atoms with Crippen LogP contribution in [0.2, 0.25) is 0 Å². The van der Waals surface area contributed by atoms with Crippen LogP contribution in [-0.2, 0) is 21.5 Å². The first-order valence-electron chi connectivity index (χ1n) is 6.64. The van der Waals surface area contributed by atoms with Crippen LogP contribution in [0.4, 0.5) is 0 Å². The highest BCUT2D eigenvalue weighted by Crippen LogP contribution is 2.19. The zero-order valence-electron chi connectivity index (χ0n) is 11.4. The molecule has 3 N–H and O–H groups in total. The van der Waals surface area contributed by atoms with Crippen molar-refractivity contribution in [2.45, 2.75) is 19.4 Å². The SMILES string of the molecule is O=C(O)C1CCN(S(=O)(=O)NCc2ccc(O)cc2)CC1. The van der Waals surface area contributed by atoms with Crippen LogP contribution in [0.25, 0.3) is 0 Å². The molecule has 0 unspecified atom stereocenters. The lowest BCUT2D eigenvalue weighted by Gasteiger charge is -2.29. The van der Waals surface area contributed by atoms with Crippen LogP contribution in [0.5, 0.6) is 5.75 Å². The summed E-state index contributed by atoms with van der Waals surface area (Å²) in [6.45, 7) is 0.547. The Balaban J connectivity index is 1.90. The maximum absolute atomic E-state index is 12.1. The molecule has 7 nitrogen and oxygen atoms in total. The fourth-order valence-electron chi connectivity index (χ4n) is 2.22. The van der Waals surface area contributed by atoms with Crippen LogP contribution in [0, 0.1) is 5.92 Å². The summed E-state index contributed by atoms with van der Waals surface area (Å²) in [5.41, 5.74) is 0.733. The molecule has 0 amide bonds. The lowest BCUT2D eigenvalue weighted by Crippen LogP contribution is -2.45. The van der Waals surface area contributed by atoms with Gasteiger partial charge in [0.05, 0.1) is 5.92 Å². The van der Waals surface area contributed by atoms with Gasteiger partial charge in [-0.25, -0.2) is 0 Å². The van der Waals surface area contributed by atoms with Gasteiger partial charge in [0, 0.05) is 19.6 Å². The average molecular weight is 314 g/mol. The quantitative estimate of drug-likeness (QED) is 0.734. The number of hydrogen-bond donors (Lipinski definition) is 3. The first-order chi connectivity index (χ1) is 9.88. The third-order valence-corrected chi connectivity index (χ3v) is 5.09. The van der Waals surface area contributed by atoms with E-state index in [9.17, 15) is 13.2 Å². The number of aliphatic carboxylic acids is 1. The predicted octanol–water partition coefficient (Wildman–Crippen LogP) is 0.523. The van der Waals surface area contributed by atoms with E-state index in [2.05, 4.69) is 4.72 Å². The minimum Gasteiger partial charge on any atom is -0.508 e. The van der Waals surface area contributed by atoms with Gasteiger partial charge in [-0.2, -0.15) is 17.4 Å². The van der Waals surface area contributed by atoms with Gasteiger partial charge in [-0.1, -0.05) is 12.1 Å². The van der Waals surface area contributed by atoms with Crippen molar-refractivity contribution in [3.8, 4) is 5.75 Å². The molecule has 2 rings (SSSR count). The minimum atomic E-state index is -3.61. The molecular formula is C13H18N2O5S. The van der Waals surface area contributed by atoms with E-state index < -0.39 is 22.1 Å². The zero-order valence-corrected chi connectivity index (χ0v) is 12.2. The van der Waals surface area contributed by atoms with Gasteiger partial charge in [0.25, 0.3) is 10.2 Å². The number of rotatable bonds is 5. The van der Waals surface area contributed by atoms with Crippen molar-refractivity contribution in [1.82, 2.24) is 9.03 Å². The number of phenolic OH excluding ortho intramolecular Hbond substituents is 1. The van der Waals surface area contributed by atoms with Gasteiger partial charge in [0.2, 0.25) is 0 Å². The molecule has 0 radical (unpaired) electrons. The van der Waals surface area contributed by atoms with E-state index in [0.717, 1.165) is 5.56 Å². The van der Waals surface area contributed by atoms with Gasteiger partial charge in [-0.3, -0.25) is 4.79 Å². The molecule has 0 spiro atoms. The molecule has 21 heavy (non-hydrogen) atoms. The Labute approximate surface area is 123 Å². The molecule has 0 bridgehead atoms. The van der Waals surface area contributed by atoms with E-state index in [1.165, 1.54) is 16.4 Å². The molecule has 1 aromatic carbocycles. The summed E-state index contributed by atoms with van der Waals surface area (Å²) in [4.78, 5) is 10.8. The Morgan fingerprint density at radius 3 is 2.33 bits per heavy atom. The molecule has 0 aliphatic carbocycles. The van der Waals surface area contributed by atoms with E-state index >= 15 is 0 Å². The molecule has 0 atom stereocenters. The van der Waals surface area contributed by atoms with Crippen molar-refractivity contribution in [2.75, 3.05) is 13.1 Å². The van der Waals surface area contributed by atoms with E-state index in [1.54, 1.807) is 12.1 Å². The van der Waals surface area contributed by atoms with Crippen LogP contribution in [0.15, 0.2) is 24.3 Å². The summed E-state index contributed by atoms with van der Waals surface area (Å²) in [7, 11) is -3.61. The summed E-state index contributed by atoms with van der Waals surface area (Å²) in [6, 6.07) is 6.24. The monoisotopic (exact) mass is 314 g/mol. The van der Waals surface area contributed by atoms with E-state index in [0.29, 0.717) is 12.8 Å². The standard InChI is InChI=1S/C13H18N2O5S/c16-12-3-1-10(2-4-12)9-14-21(19,20)15-7-5-11(6-8-15)13(17)18/h1-4,11,14,16H,5-9H2,(H,17,18). The summed E-state index contributed by atoms with van der Waals surface area (Å²) in [5.74, 6) is -1.21. The Morgan fingerprint density at radius 2 is 1.81 bits per heavy atom. The first kappa shape index (κ1) is 15.7. The molecule has 1 fully saturated rings. The minimum absolute atomic E-state index is 0.123. The van der Waals surface area contributed by atoms with Crippen LogP contribution in [0.1, 0.15) is 18.4 Å². The maximum atomic E-state index is 12.1. The van der Waals surface area contributed by atoms with Crippen molar-refractivity contribution >= 4 is 16.2 Å². The summed E-state index contributed by atoms with van der Waals surface area (Å²) < 4.78 is 28.0. The molecular weight excluding hydrogens is 296 g/mol. The van der Waals surface area contributed by atoms with Gasteiger partial charge in [0.1, 0.15) is 5.75 Å². The third kappa shape index (κ3) is 4.16. The molecule has 116 valence electrons. The van der Waals surface area contributed by atoms with E-state index in [-0.39, 0.29) is 25.4 Å². The smallest absolute Gasteiger partial charge is 0.306 e. The molecule has 1 saturated heterocycles. The predicted molar refractivity (Wildman–Crippen MR) is 75.8 cm³/mol. The molecule has 1 aromatic rings. The fourth-order valence-corrected chi connectivity index (χ4v) is 3.45. The highest BCUT2D eigenvalue weighted by molar-refractivity contribution is 7.87. The fraction of sp³-hybridized carbons (Fsp3) is 0.462. The maximum Gasteiger partial charge on any atom is 0.306 e. The second-order valence-electron chi connectivity index (χ2n) is 5.00. The number of benzene rings is 1. The first-order valence-corrected chi connectivity index (χ1v) is 8.08. The topological polar surface area (TPSA) is 107 Å². The van der Waals surface area contributed by atoms with Gasteiger partial charge < -0.3 is 10.2 Å². The summed E-state index contributed by atoms with van der Waals surface area (Å²) in [6.07, 6.45) is 0.658. The van der Waals surface area contributed by atoms with Crippen LogP contribution in [0.3, 0.4) is 0 Å². The molecule has 0 aromatic heterocycles. The highest BCUT2D eigenvalue weighted by atomic mass is 32.2. The molecule has 1 heterocycles. The molecule has 0 saturated carbocycles. The second-order valence-corrected chi connectivity index (χ2v) is 6.76. The number of carboxylic acid groups (broad SMARTS) is 1. The number of aromatic hydroxyl groups is 1. The number of carbonyl (C=O) groups is 1. The van der Waals surface area contributed by atoms with Crippen molar-refractivity contribution in [3.05, 3.63) is 29.8 Å². The van der Waals surface area contributed by atoms with Crippen molar-refractivity contribution in [2.24, 2.45) is 5.92 Å². The Kier molecular flexibility index (Phi) is 4.81. The number of carboxylic acids is 1. The number of phenols is 1. The normalized spacial score (nSPS) is 17.7. The second kappa shape index (κ2) is 6.42. The van der Waals surface area contributed by atoms with Gasteiger partial charge in [-0.05, 0) is 30.5 Å². The Hall–Kier alpha value is -1.64. The largest absolute Gasteiger partial charge is 0.508 e. The van der Waals surface area contributed by atoms with Gasteiger partial charge >= 0.3 is 5.97 Å². The lowest BCUT2D eigenvalue weighted by molar-refractivity contribution is -0.142. The third-order valence-electron chi connectivity index (χ3n) is 3.54. The van der Waals surface area contributed by atoms with Gasteiger partial charge in [-0.15, -0.1) is 0 Å². The molecule has 8 heteroatoms. The molecule has 1 aliphatic rings. The van der Waals surface area contributed by atoms with Crippen molar-refractivity contribution in [3.63, 3.8) is 0 Å². The van der Waals surface area contributed by atoms with Crippen LogP contribution >= 0.6 is 0 Å². The summed E-state index contributed by atoms with van der Waals surface area (Å²) >= 11 is 0. The number of hydrogen-bond acceptors (Lipinski definition) is 4. The summed E-state index contributed by atoms with van der Waals surface area (Å²) in [5, 5.41) is 18.1. The van der Waals surface area contributed by atoms with Crippen LogP contribution in [-0.4, -0.2) is 42.0 Å². The number of nitrogens with one attached hydrogen (secondary N) is 1. The van der Waals surface area contributed by atoms with E-state index in [1.807, 2.05) is 0 Å². The number of piperidine rings is 1. The Bertz CT molecular complexity index is 591. The molecule has 1 aliphatic heterocycles. The average Bonchev–Trinajstić information content (AvgIpc) is 2.47. The number of nitrogens with zero attached hydrogens (tertiary/aromatic N) is 1. The van der Waals surface area contributed by atoms with E-state index in [4.69, 9.17) is 10.2 Å². The van der Waals surface area contributed by atoms with Crippen molar-refractivity contribution in [1.29, 1.82) is 0 Å². The highest BCUT2D eigenvalue weighted by Gasteiger charge is 2.30. The van der Waals surface area contributed by atoms with Gasteiger partial charge in [0.15, 0.2) is 0 Å². The van der Waals surface area contributed by atoms with Crippen LogP contribution < -0.4 is 4.72 Å². The lowest BCUT2D eigenvalue weighted by atomic mass is 9.99. The zero-order chi connectivity index (χ0) is 15.5. The van der Waals surface area contributed by atoms with Crippen molar-refractivity contribution < 1.29 is 23.4 Å². The Morgan fingerprint density at radius 1 is 1.24 bits per heavy atom.